The lowest BCUT2D eigenvalue weighted by Gasteiger charge is -2.38. The minimum Gasteiger partial charge on any atom is -0.465 e. The normalized spacial score (nSPS) is 20.3. The predicted octanol–water partition coefficient (Wildman–Crippen LogP) is 2.53. The highest BCUT2D eigenvalue weighted by atomic mass is 32.2. The van der Waals surface area contributed by atoms with Crippen LogP contribution in [0.3, 0.4) is 0 Å². The second-order valence-corrected chi connectivity index (χ2v) is 11.2. The van der Waals surface area contributed by atoms with Gasteiger partial charge in [-0.05, 0) is 62.3 Å². The summed E-state index contributed by atoms with van der Waals surface area (Å²) in [5, 5.41) is 12.5. The molecule has 0 atom stereocenters. The van der Waals surface area contributed by atoms with E-state index in [1.165, 1.54) is 4.90 Å². The van der Waals surface area contributed by atoms with Gasteiger partial charge in [0.25, 0.3) is 0 Å². The molecule has 9 nitrogen and oxygen atoms in total. The van der Waals surface area contributed by atoms with Crippen LogP contribution in [0.1, 0.15) is 12.8 Å². The van der Waals surface area contributed by atoms with E-state index < -0.39 is 16.1 Å². The first-order valence-corrected chi connectivity index (χ1v) is 13.4. The van der Waals surface area contributed by atoms with E-state index in [0.29, 0.717) is 57.8 Å². The predicted molar refractivity (Wildman–Crippen MR) is 134 cm³/mol. The molecule has 3 aliphatic rings. The van der Waals surface area contributed by atoms with Crippen molar-refractivity contribution in [1.82, 2.24) is 9.62 Å². The molecule has 2 aromatic rings. The average molecular weight is 486 g/mol. The number of para-hydroxylation sites is 2. The molecule has 10 heteroatoms. The van der Waals surface area contributed by atoms with E-state index in [0.717, 1.165) is 30.2 Å². The monoisotopic (exact) mass is 485 g/mol. The molecule has 2 aromatic carbocycles. The number of rotatable bonds is 4. The van der Waals surface area contributed by atoms with Gasteiger partial charge in [0.2, 0.25) is 10.0 Å². The molecule has 2 N–H and O–H groups in total. The number of benzene rings is 2. The summed E-state index contributed by atoms with van der Waals surface area (Å²) in [5.41, 5.74) is 3.64. The summed E-state index contributed by atoms with van der Waals surface area (Å²) in [4.78, 5) is 17.4. The van der Waals surface area contributed by atoms with Crippen LogP contribution >= 0.6 is 0 Å². The number of nitrogens with one attached hydrogen (secondary N) is 1. The lowest BCUT2D eigenvalue weighted by molar-refractivity contribution is 0.201. The highest BCUT2D eigenvalue weighted by Crippen LogP contribution is 2.38. The number of hydrogen-bond donors (Lipinski definition) is 2. The fraction of sp³-hybridized carbons (Fsp3) is 0.458. The summed E-state index contributed by atoms with van der Waals surface area (Å²) >= 11 is 0. The van der Waals surface area contributed by atoms with Crippen LogP contribution in [-0.2, 0) is 10.0 Å². The molecule has 0 saturated carbocycles. The van der Waals surface area contributed by atoms with Gasteiger partial charge in [0, 0.05) is 50.6 Å². The van der Waals surface area contributed by atoms with Gasteiger partial charge in [0.05, 0.1) is 16.6 Å². The number of carbonyl (C=O) groups is 1. The molecular weight excluding hydrogens is 454 g/mol. The largest absolute Gasteiger partial charge is 0.465 e. The Balaban J connectivity index is 1.26. The zero-order valence-corrected chi connectivity index (χ0v) is 20.0. The molecule has 2 fully saturated rings. The summed E-state index contributed by atoms with van der Waals surface area (Å²) in [6.45, 7) is 4.89. The van der Waals surface area contributed by atoms with E-state index in [9.17, 15) is 18.3 Å². The first kappa shape index (κ1) is 22.9. The Labute approximate surface area is 200 Å². The summed E-state index contributed by atoms with van der Waals surface area (Å²) in [6, 6.07) is 15.8. The van der Waals surface area contributed by atoms with Gasteiger partial charge in [-0.1, -0.05) is 12.1 Å². The average Bonchev–Trinajstić information content (AvgIpc) is 2.88. The van der Waals surface area contributed by atoms with Crippen molar-refractivity contribution in [2.24, 2.45) is 0 Å². The van der Waals surface area contributed by atoms with Crippen LogP contribution in [-0.4, -0.2) is 81.5 Å². The molecule has 0 unspecified atom stereocenters. The summed E-state index contributed by atoms with van der Waals surface area (Å²) < 4.78 is 27.7. The van der Waals surface area contributed by atoms with Crippen LogP contribution in [0, 0.1) is 0 Å². The highest BCUT2D eigenvalue weighted by molar-refractivity contribution is 7.89. The molecule has 2 saturated heterocycles. The zero-order chi connectivity index (χ0) is 23.7. The summed E-state index contributed by atoms with van der Waals surface area (Å²) in [6.07, 6.45) is 0.436. The van der Waals surface area contributed by atoms with E-state index in [4.69, 9.17) is 0 Å². The number of fused-ring (bicyclic) bond motifs is 1. The van der Waals surface area contributed by atoms with E-state index >= 15 is 0 Å². The van der Waals surface area contributed by atoms with Gasteiger partial charge in [-0.3, -0.25) is 4.90 Å². The lowest BCUT2D eigenvalue weighted by Crippen LogP contribution is -2.52. The third-order valence-electron chi connectivity index (χ3n) is 7.07. The van der Waals surface area contributed by atoms with Crippen LogP contribution in [0.15, 0.2) is 48.5 Å². The number of piperidine rings is 1. The molecule has 0 aliphatic carbocycles. The minimum atomic E-state index is -3.24. The maximum absolute atomic E-state index is 13.0. The van der Waals surface area contributed by atoms with Gasteiger partial charge in [0.1, 0.15) is 0 Å². The topological polar surface area (TPSA) is 96.4 Å². The molecule has 3 heterocycles. The molecule has 182 valence electrons. The molecular formula is C24H31N5O4S. The van der Waals surface area contributed by atoms with Crippen LogP contribution in [0.2, 0.25) is 0 Å². The summed E-state index contributed by atoms with van der Waals surface area (Å²) in [5.74, 6) is 0. The third kappa shape index (κ3) is 4.33. The van der Waals surface area contributed by atoms with Crippen LogP contribution in [0.5, 0.6) is 0 Å². The Morgan fingerprint density at radius 1 is 0.824 bits per heavy atom. The Hall–Kier alpha value is -2.82. The first-order chi connectivity index (χ1) is 16.4. The fourth-order valence-electron chi connectivity index (χ4n) is 5.18. The molecule has 3 aliphatic heterocycles. The lowest BCUT2D eigenvalue weighted by atomic mass is 10.1. The van der Waals surface area contributed by atoms with Crippen LogP contribution in [0.4, 0.5) is 27.5 Å². The first-order valence-electron chi connectivity index (χ1n) is 11.9. The Kier molecular flexibility index (Phi) is 6.37. The molecule has 1 amide bonds. The number of sulfonamides is 1. The van der Waals surface area contributed by atoms with Crippen LogP contribution < -0.4 is 20.0 Å². The second kappa shape index (κ2) is 9.44. The molecule has 0 aromatic heterocycles. The molecule has 0 spiro atoms. The van der Waals surface area contributed by atoms with Gasteiger partial charge < -0.3 is 20.2 Å². The van der Waals surface area contributed by atoms with Gasteiger partial charge >= 0.3 is 6.09 Å². The number of hydrogen-bond acceptors (Lipinski definition) is 6. The number of nitrogens with zero attached hydrogens (tertiary/aromatic N) is 4. The number of amides is 1. The Morgan fingerprint density at radius 2 is 1.44 bits per heavy atom. The third-order valence-corrected chi connectivity index (χ3v) is 9.47. The second-order valence-electron chi connectivity index (χ2n) is 8.97. The number of carboxylic acid groups (broad SMARTS) is 1. The van der Waals surface area contributed by atoms with Crippen molar-refractivity contribution < 1.29 is 18.3 Å². The molecule has 0 radical (unpaired) electrons. The maximum Gasteiger partial charge on any atom is 0.411 e. The quantitative estimate of drug-likeness (QED) is 0.687. The standard InChI is InChI=1S/C24H31N5O4S/c30-24(31)29-18-17-28(22-3-1-2-4-23(22)29)20-7-5-19(6-8-20)26-13-15-27(16-14-26)34(32,33)21-9-11-25-12-10-21/h1-8,21,25H,9-18H2,(H,30,31). The van der Waals surface area contributed by atoms with Crippen LogP contribution in [0.25, 0.3) is 0 Å². The maximum atomic E-state index is 13.0. The van der Waals surface area contributed by atoms with E-state index in [2.05, 4.69) is 39.4 Å². The Morgan fingerprint density at radius 3 is 2.09 bits per heavy atom. The van der Waals surface area contributed by atoms with E-state index in [-0.39, 0.29) is 5.25 Å². The number of piperazine rings is 1. The van der Waals surface area contributed by atoms with Gasteiger partial charge in [-0.15, -0.1) is 0 Å². The SMILES string of the molecule is O=C(O)N1CCN(c2ccc(N3CCN(S(=O)(=O)C4CCNCC4)CC3)cc2)c2ccccc21. The molecule has 5 rings (SSSR count). The Bertz CT molecular complexity index is 1130. The van der Waals surface area contributed by atoms with Gasteiger partial charge in [0.15, 0.2) is 0 Å². The fourth-order valence-corrected chi connectivity index (χ4v) is 7.10. The van der Waals surface area contributed by atoms with Gasteiger partial charge in [-0.25, -0.2) is 13.2 Å². The van der Waals surface area contributed by atoms with Crippen molar-refractivity contribution in [3.63, 3.8) is 0 Å². The van der Waals surface area contributed by atoms with Crippen molar-refractivity contribution in [2.45, 2.75) is 18.1 Å². The smallest absolute Gasteiger partial charge is 0.411 e. The summed E-state index contributed by atoms with van der Waals surface area (Å²) in [7, 11) is -3.24. The van der Waals surface area contributed by atoms with Crippen molar-refractivity contribution in [1.29, 1.82) is 0 Å². The van der Waals surface area contributed by atoms with Crippen molar-refractivity contribution >= 4 is 38.9 Å². The van der Waals surface area contributed by atoms with Crippen molar-refractivity contribution in [3.05, 3.63) is 48.5 Å². The van der Waals surface area contributed by atoms with E-state index in [1.54, 1.807) is 4.31 Å². The number of anilines is 4. The van der Waals surface area contributed by atoms with E-state index in [1.807, 2.05) is 24.3 Å². The van der Waals surface area contributed by atoms with Crippen molar-refractivity contribution in [3.8, 4) is 0 Å². The van der Waals surface area contributed by atoms with Gasteiger partial charge in [-0.2, -0.15) is 4.31 Å². The molecule has 34 heavy (non-hydrogen) atoms. The zero-order valence-electron chi connectivity index (χ0n) is 19.1. The molecule has 0 bridgehead atoms. The highest BCUT2D eigenvalue weighted by Gasteiger charge is 2.35. The minimum absolute atomic E-state index is 0.260. The van der Waals surface area contributed by atoms with Crippen molar-refractivity contribution in [2.75, 3.05) is 67.1 Å².